The monoisotopic (exact) mass is 256 g/mol. The van der Waals surface area contributed by atoms with Crippen molar-refractivity contribution >= 4 is 5.97 Å². The van der Waals surface area contributed by atoms with E-state index >= 15 is 0 Å². The largest absolute Gasteiger partial charge is 0.478 e. The van der Waals surface area contributed by atoms with E-state index in [0.717, 1.165) is 11.1 Å². The van der Waals surface area contributed by atoms with Gasteiger partial charge < -0.3 is 5.11 Å². The normalized spacial score (nSPS) is 9.47. The smallest absolute Gasteiger partial charge is 0.335 e. The molecule has 0 heterocycles. The fraction of sp³-hybridized carbons (Fsp3) is 0.235. The van der Waals surface area contributed by atoms with Crippen LogP contribution in [-0.4, -0.2) is 11.1 Å². The fourth-order valence-corrected chi connectivity index (χ4v) is 1.91. The number of hydrogen-bond acceptors (Lipinski definition) is 1. The molecule has 0 radical (unpaired) electrons. The summed E-state index contributed by atoms with van der Waals surface area (Å²) in [6.07, 6.45) is 0. The van der Waals surface area contributed by atoms with Crippen molar-refractivity contribution in [3.63, 3.8) is 0 Å². The van der Waals surface area contributed by atoms with E-state index in [0.29, 0.717) is 5.56 Å². The average molecular weight is 256 g/mol. The Morgan fingerprint density at radius 3 is 1.53 bits per heavy atom. The SMILES string of the molecule is Cc1cc(C)cc(C(=O)O)c1.Cc1cccc(C)c1. The van der Waals surface area contributed by atoms with Gasteiger partial charge in [0.2, 0.25) is 0 Å². The fourth-order valence-electron chi connectivity index (χ4n) is 1.91. The molecule has 0 aliphatic carbocycles. The minimum atomic E-state index is -0.864. The topological polar surface area (TPSA) is 37.3 Å². The summed E-state index contributed by atoms with van der Waals surface area (Å²) in [7, 11) is 0. The lowest BCUT2D eigenvalue weighted by atomic mass is 10.1. The first kappa shape index (κ1) is 15.0. The van der Waals surface area contributed by atoms with Crippen LogP contribution in [0.1, 0.15) is 32.6 Å². The first-order valence-electron chi connectivity index (χ1n) is 6.23. The summed E-state index contributed by atoms with van der Waals surface area (Å²) in [4.78, 5) is 10.5. The lowest BCUT2D eigenvalue weighted by Crippen LogP contribution is -1.96. The Morgan fingerprint density at radius 1 is 0.789 bits per heavy atom. The van der Waals surface area contributed by atoms with Crippen LogP contribution in [0.5, 0.6) is 0 Å². The van der Waals surface area contributed by atoms with Gasteiger partial charge in [-0.15, -0.1) is 0 Å². The van der Waals surface area contributed by atoms with E-state index in [2.05, 4.69) is 38.1 Å². The van der Waals surface area contributed by atoms with Gasteiger partial charge in [-0.25, -0.2) is 4.79 Å². The summed E-state index contributed by atoms with van der Waals surface area (Å²) in [6, 6.07) is 13.7. The van der Waals surface area contributed by atoms with Crippen LogP contribution in [0.3, 0.4) is 0 Å². The third kappa shape index (κ3) is 5.38. The average Bonchev–Trinajstić information content (AvgIpc) is 2.28. The number of rotatable bonds is 1. The van der Waals surface area contributed by atoms with E-state index in [4.69, 9.17) is 5.11 Å². The first-order valence-corrected chi connectivity index (χ1v) is 6.23. The van der Waals surface area contributed by atoms with E-state index < -0.39 is 5.97 Å². The Bertz CT molecular complexity index is 534. The predicted molar refractivity (Wildman–Crippen MR) is 78.8 cm³/mol. The summed E-state index contributed by atoms with van der Waals surface area (Å²) < 4.78 is 0. The Hall–Kier alpha value is -2.09. The zero-order valence-corrected chi connectivity index (χ0v) is 11.9. The van der Waals surface area contributed by atoms with Crippen molar-refractivity contribution in [3.05, 3.63) is 70.3 Å². The molecule has 19 heavy (non-hydrogen) atoms. The van der Waals surface area contributed by atoms with Crippen molar-refractivity contribution in [2.24, 2.45) is 0 Å². The van der Waals surface area contributed by atoms with Gasteiger partial charge in [-0.2, -0.15) is 0 Å². The van der Waals surface area contributed by atoms with Crippen LogP contribution >= 0.6 is 0 Å². The van der Waals surface area contributed by atoms with E-state index in [9.17, 15) is 4.79 Å². The maximum absolute atomic E-state index is 10.5. The standard InChI is InChI=1S/C9H10O2.C8H10/c1-6-3-7(2)5-8(4-6)9(10)11;1-7-4-3-5-8(2)6-7/h3-5H,1-2H3,(H,10,11);3-6H,1-2H3. The summed E-state index contributed by atoms with van der Waals surface area (Å²) in [5, 5.41) is 8.63. The second-order valence-electron chi connectivity index (χ2n) is 4.84. The third-order valence-corrected chi connectivity index (χ3v) is 2.64. The zero-order chi connectivity index (χ0) is 14.4. The third-order valence-electron chi connectivity index (χ3n) is 2.64. The molecule has 0 unspecified atom stereocenters. The molecule has 0 fully saturated rings. The Morgan fingerprint density at radius 2 is 1.21 bits per heavy atom. The van der Waals surface area contributed by atoms with Crippen molar-refractivity contribution in [3.8, 4) is 0 Å². The highest BCUT2D eigenvalue weighted by Crippen LogP contribution is 2.08. The first-order chi connectivity index (χ1) is 8.88. The number of carbonyl (C=O) groups is 1. The summed E-state index contributed by atoms with van der Waals surface area (Å²) in [5.74, 6) is -0.864. The summed E-state index contributed by atoms with van der Waals surface area (Å²) in [5.41, 5.74) is 5.02. The molecule has 2 heteroatoms. The van der Waals surface area contributed by atoms with Crippen LogP contribution in [0.15, 0.2) is 42.5 Å². The summed E-state index contributed by atoms with van der Waals surface area (Å²) in [6.45, 7) is 7.98. The molecule has 1 N–H and O–H groups in total. The van der Waals surface area contributed by atoms with E-state index in [-0.39, 0.29) is 0 Å². The molecule has 0 atom stereocenters. The number of carboxylic acid groups (broad SMARTS) is 1. The minimum absolute atomic E-state index is 0.363. The number of hydrogen-bond donors (Lipinski definition) is 1. The molecule has 0 saturated heterocycles. The second kappa shape index (κ2) is 6.74. The molecular formula is C17H20O2. The van der Waals surface area contributed by atoms with Crippen LogP contribution in [0.2, 0.25) is 0 Å². The molecule has 0 aliphatic heterocycles. The van der Waals surface area contributed by atoms with Crippen LogP contribution in [0.4, 0.5) is 0 Å². The van der Waals surface area contributed by atoms with Gasteiger partial charge >= 0.3 is 5.97 Å². The van der Waals surface area contributed by atoms with E-state index in [1.165, 1.54) is 11.1 Å². The molecule has 2 nitrogen and oxygen atoms in total. The van der Waals surface area contributed by atoms with Gasteiger partial charge in [0.25, 0.3) is 0 Å². The van der Waals surface area contributed by atoms with Crippen molar-refractivity contribution in [1.29, 1.82) is 0 Å². The van der Waals surface area contributed by atoms with Crippen LogP contribution < -0.4 is 0 Å². The number of aromatic carboxylic acids is 1. The van der Waals surface area contributed by atoms with Gasteiger partial charge in [-0.05, 0) is 39.8 Å². The van der Waals surface area contributed by atoms with Gasteiger partial charge in [-0.3, -0.25) is 0 Å². The van der Waals surface area contributed by atoms with Crippen LogP contribution in [0, 0.1) is 27.7 Å². The highest BCUT2D eigenvalue weighted by Gasteiger charge is 2.02. The highest BCUT2D eigenvalue weighted by molar-refractivity contribution is 5.88. The lowest BCUT2D eigenvalue weighted by Gasteiger charge is -1.98. The van der Waals surface area contributed by atoms with E-state index in [1.807, 2.05) is 19.9 Å². The molecule has 2 rings (SSSR count). The molecule has 0 bridgehead atoms. The molecular weight excluding hydrogens is 236 g/mol. The van der Waals surface area contributed by atoms with Crippen LogP contribution in [0.25, 0.3) is 0 Å². The van der Waals surface area contributed by atoms with E-state index in [1.54, 1.807) is 12.1 Å². The second-order valence-corrected chi connectivity index (χ2v) is 4.84. The Kier molecular flexibility index (Phi) is 5.31. The Labute approximate surface area is 114 Å². The number of carboxylic acids is 1. The molecule has 0 amide bonds. The van der Waals surface area contributed by atoms with Crippen LogP contribution in [-0.2, 0) is 0 Å². The lowest BCUT2D eigenvalue weighted by molar-refractivity contribution is 0.0696. The molecule has 0 saturated carbocycles. The minimum Gasteiger partial charge on any atom is -0.478 e. The quantitative estimate of drug-likeness (QED) is 0.825. The van der Waals surface area contributed by atoms with Crippen molar-refractivity contribution < 1.29 is 9.90 Å². The van der Waals surface area contributed by atoms with Gasteiger partial charge in [0.1, 0.15) is 0 Å². The molecule has 0 spiro atoms. The van der Waals surface area contributed by atoms with Gasteiger partial charge in [0.15, 0.2) is 0 Å². The maximum Gasteiger partial charge on any atom is 0.335 e. The van der Waals surface area contributed by atoms with Gasteiger partial charge in [-0.1, -0.05) is 52.6 Å². The molecule has 0 aliphatic rings. The maximum atomic E-state index is 10.5. The summed E-state index contributed by atoms with van der Waals surface area (Å²) >= 11 is 0. The molecule has 0 aromatic heterocycles. The molecule has 2 aromatic rings. The van der Waals surface area contributed by atoms with Crippen molar-refractivity contribution in [2.75, 3.05) is 0 Å². The molecule has 100 valence electrons. The van der Waals surface area contributed by atoms with Gasteiger partial charge in [0, 0.05) is 0 Å². The van der Waals surface area contributed by atoms with Crippen molar-refractivity contribution in [2.45, 2.75) is 27.7 Å². The zero-order valence-electron chi connectivity index (χ0n) is 11.9. The highest BCUT2D eigenvalue weighted by atomic mass is 16.4. The van der Waals surface area contributed by atoms with Crippen molar-refractivity contribution in [1.82, 2.24) is 0 Å². The number of benzene rings is 2. The Balaban J connectivity index is 0.000000200. The van der Waals surface area contributed by atoms with Gasteiger partial charge in [0.05, 0.1) is 5.56 Å². The predicted octanol–water partition coefficient (Wildman–Crippen LogP) is 4.31. The molecule has 2 aromatic carbocycles. The number of aryl methyl sites for hydroxylation is 4.